The lowest BCUT2D eigenvalue weighted by atomic mass is 10.2. The van der Waals surface area contributed by atoms with Crippen molar-refractivity contribution in [3.63, 3.8) is 0 Å². The number of hydrogen-bond donors (Lipinski definition) is 1. The molecule has 4 nitrogen and oxygen atoms in total. The molecule has 21 heavy (non-hydrogen) atoms. The summed E-state index contributed by atoms with van der Waals surface area (Å²) in [7, 11) is 4.27. The van der Waals surface area contributed by atoms with Gasteiger partial charge in [-0.25, -0.2) is 0 Å². The predicted octanol–water partition coefficient (Wildman–Crippen LogP) is 2.61. The molecule has 1 fully saturated rings. The summed E-state index contributed by atoms with van der Waals surface area (Å²) in [6.07, 6.45) is 2.64. The maximum absolute atomic E-state index is 5.90. The SMILES string of the molecule is CCN(Cc1cc(CNC2CC2)oc1C)C(C)CN(C)C. The first kappa shape index (κ1) is 16.5. The number of likely N-dealkylation sites (N-methyl/N-ethyl adjacent to an activating group) is 2. The highest BCUT2D eigenvalue weighted by atomic mass is 16.3. The third kappa shape index (κ3) is 5.13. The van der Waals surface area contributed by atoms with E-state index in [0.29, 0.717) is 6.04 Å². The van der Waals surface area contributed by atoms with Gasteiger partial charge in [0, 0.05) is 30.7 Å². The van der Waals surface area contributed by atoms with E-state index in [9.17, 15) is 0 Å². The number of hydrogen-bond acceptors (Lipinski definition) is 4. The molecule has 0 aliphatic heterocycles. The Balaban J connectivity index is 1.92. The van der Waals surface area contributed by atoms with Gasteiger partial charge < -0.3 is 14.6 Å². The lowest BCUT2D eigenvalue weighted by Crippen LogP contribution is -2.39. The van der Waals surface area contributed by atoms with Crippen molar-refractivity contribution in [2.24, 2.45) is 0 Å². The fourth-order valence-corrected chi connectivity index (χ4v) is 2.81. The number of nitrogens with one attached hydrogen (secondary N) is 1. The lowest BCUT2D eigenvalue weighted by molar-refractivity contribution is 0.173. The smallest absolute Gasteiger partial charge is 0.118 e. The van der Waals surface area contributed by atoms with Crippen molar-refractivity contribution in [3.05, 3.63) is 23.2 Å². The molecule has 1 saturated carbocycles. The Morgan fingerprint density at radius 1 is 1.38 bits per heavy atom. The van der Waals surface area contributed by atoms with Crippen molar-refractivity contribution in [3.8, 4) is 0 Å². The fraction of sp³-hybridized carbons (Fsp3) is 0.765. The molecule has 1 aromatic rings. The first-order chi connectivity index (χ1) is 9.99. The highest BCUT2D eigenvalue weighted by Crippen LogP contribution is 2.21. The van der Waals surface area contributed by atoms with E-state index in [0.717, 1.165) is 43.7 Å². The second-order valence-corrected chi connectivity index (χ2v) is 6.62. The van der Waals surface area contributed by atoms with E-state index in [1.165, 1.54) is 18.4 Å². The topological polar surface area (TPSA) is 31.6 Å². The van der Waals surface area contributed by atoms with Gasteiger partial charge in [0.2, 0.25) is 0 Å². The normalized spacial score (nSPS) is 16.9. The van der Waals surface area contributed by atoms with E-state index in [1.54, 1.807) is 0 Å². The molecule has 120 valence electrons. The van der Waals surface area contributed by atoms with Crippen molar-refractivity contribution >= 4 is 0 Å². The van der Waals surface area contributed by atoms with Crippen molar-refractivity contribution in [1.82, 2.24) is 15.1 Å². The standard InChI is InChI=1S/C17H31N3O/c1-6-20(13(2)11-19(4)5)12-15-9-17(21-14(15)3)10-18-16-7-8-16/h9,13,16,18H,6-8,10-12H2,1-5H3. The first-order valence-electron chi connectivity index (χ1n) is 8.20. The summed E-state index contributed by atoms with van der Waals surface area (Å²) in [5.41, 5.74) is 1.33. The maximum Gasteiger partial charge on any atom is 0.118 e. The second kappa shape index (κ2) is 7.43. The summed E-state index contributed by atoms with van der Waals surface area (Å²) in [6, 6.07) is 3.51. The van der Waals surface area contributed by atoms with Crippen LogP contribution in [0.4, 0.5) is 0 Å². The summed E-state index contributed by atoms with van der Waals surface area (Å²) in [5, 5.41) is 3.52. The van der Waals surface area contributed by atoms with E-state index in [1.807, 2.05) is 0 Å². The van der Waals surface area contributed by atoms with Gasteiger partial charge in [0.25, 0.3) is 0 Å². The monoisotopic (exact) mass is 293 g/mol. The highest BCUT2D eigenvalue weighted by molar-refractivity contribution is 5.21. The summed E-state index contributed by atoms with van der Waals surface area (Å²) < 4.78 is 5.90. The second-order valence-electron chi connectivity index (χ2n) is 6.62. The molecule has 0 spiro atoms. The van der Waals surface area contributed by atoms with Crippen molar-refractivity contribution in [2.75, 3.05) is 27.2 Å². The molecule has 0 bridgehead atoms. The van der Waals surface area contributed by atoms with E-state index in [2.05, 4.69) is 56.0 Å². The molecular formula is C17H31N3O. The highest BCUT2D eigenvalue weighted by Gasteiger charge is 2.21. The number of rotatable bonds is 9. The van der Waals surface area contributed by atoms with E-state index in [-0.39, 0.29) is 0 Å². The molecule has 1 N–H and O–H groups in total. The molecule has 0 aromatic carbocycles. The zero-order valence-electron chi connectivity index (χ0n) is 14.3. The molecule has 0 saturated heterocycles. The van der Waals surface area contributed by atoms with Crippen LogP contribution in [0.15, 0.2) is 10.5 Å². The average Bonchev–Trinajstić information content (AvgIpc) is 3.17. The molecule has 1 aliphatic rings. The quantitative estimate of drug-likeness (QED) is 0.758. The van der Waals surface area contributed by atoms with E-state index >= 15 is 0 Å². The van der Waals surface area contributed by atoms with Crippen LogP contribution in [0, 0.1) is 6.92 Å². The van der Waals surface area contributed by atoms with Crippen LogP contribution in [0.5, 0.6) is 0 Å². The molecule has 1 aliphatic carbocycles. The Hall–Kier alpha value is -0.840. The van der Waals surface area contributed by atoms with Crippen molar-refractivity contribution < 1.29 is 4.42 Å². The van der Waals surface area contributed by atoms with Gasteiger partial charge >= 0.3 is 0 Å². The third-order valence-electron chi connectivity index (χ3n) is 4.25. The molecule has 1 unspecified atom stereocenters. The Labute approximate surface area is 129 Å². The minimum atomic E-state index is 0.548. The minimum absolute atomic E-state index is 0.548. The van der Waals surface area contributed by atoms with Crippen LogP contribution in [0.25, 0.3) is 0 Å². The molecule has 1 heterocycles. The van der Waals surface area contributed by atoms with Crippen LogP contribution >= 0.6 is 0 Å². The summed E-state index contributed by atoms with van der Waals surface area (Å²) in [4.78, 5) is 4.76. The van der Waals surface area contributed by atoms with Gasteiger partial charge in [0.05, 0.1) is 6.54 Å². The van der Waals surface area contributed by atoms with Gasteiger partial charge in [-0.3, -0.25) is 4.90 Å². The van der Waals surface area contributed by atoms with Crippen molar-refractivity contribution in [2.45, 2.75) is 58.8 Å². The van der Waals surface area contributed by atoms with Crippen LogP contribution in [-0.4, -0.2) is 49.1 Å². The molecule has 2 rings (SSSR count). The van der Waals surface area contributed by atoms with Gasteiger partial charge in [-0.2, -0.15) is 0 Å². The van der Waals surface area contributed by atoms with Crippen LogP contribution in [0.1, 0.15) is 43.8 Å². The lowest BCUT2D eigenvalue weighted by Gasteiger charge is -2.29. The van der Waals surface area contributed by atoms with Crippen molar-refractivity contribution in [1.29, 1.82) is 0 Å². The van der Waals surface area contributed by atoms with Gasteiger partial charge in [-0.15, -0.1) is 0 Å². The Kier molecular flexibility index (Phi) is 5.85. The molecule has 4 heteroatoms. The fourth-order valence-electron chi connectivity index (χ4n) is 2.81. The largest absolute Gasteiger partial charge is 0.465 e. The van der Waals surface area contributed by atoms with Gasteiger partial charge in [0.15, 0.2) is 0 Å². The number of aryl methyl sites for hydroxylation is 1. The molecule has 1 aromatic heterocycles. The van der Waals surface area contributed by atoms with Crippen LogP contribution in [0.2, 0.25) is 0 Å². The molecule has 0 radical (unpaired) electrons. The molecule has 1 atom stereocenters. The van der Waals surface area contributed by atoms with Gasteiger partial charge in [0.1, 0.15) is 11.5 Å². The predicted molar refractivity (Wildman–Crippen MR) is 87.4 cm³/mol. The Morgan fingerprint density at radius 3 is 2.67 bits per heavy atom. The maximum atomic E-state index is 5.90. The number of nitrogens with zero attached hydrogens (tertiary/aromatic N) is 2. The molecule has 0 amide bonds. The zero-order valence-corrected chi connectivity index (χ0v) is 14.3. The van der Waals surface area contributed by atoms with Crippen LogP contribution in [-0.2, 0) is 13.1 Å². The minimum Gasteiger partial charge on any atom is -0.465 e. The van der Waals surface area contributed by atoms with Crippen LogP contribution < -0.4 is 5.32 Å². The van der Waals surface area contributed by atoms with Crippen LogP contribution in [0.3, 0.4) is 0 Å². The Bertz CT molecular complexity index is 437. The zero-order chi connectivity index (χ0) is 15.4. The summed E-state index contributed by atoms with van der Waals surface area (Å²) >= 11 is 0. The molecular weight excluding hydrogens is 262 g/mol. The van der Waals surface area contributed by atoms with E-state index in [4.69, 9.17) is 4.42 Å². The first-order valence-corrected chi connectivity index (χ1v) is 8.20. The third-order valence-corrected chi connectivity index (χ3v) is 4.25. The summed E-state index contributed by atoms with van der Waals surface area (Å²) in [5.74, 6) is 2.14. The Morgan fingerprint density at radius 2 is 2.10 bits per heavy atom. The van der Waals surface area contributed by atoms with Gasteiger partial charge in [-0.05, 0) is 53.4 Å². The summed E-state index contributed by atoms with van der Waals surface area (Å²) in [6.45, 7) is 10.6. The number of furan rings is 1. The average molecular weight is 293 g/mol. The van der Waals surface area contributed by atoms with E-state index < -0.39 is 0 Å². The van der Waals surface area contributed by atoms with Gasteiger partial charge in [-0.1, -0.05) is 6.92 Å².